The molecule has 0 atom stereocenters. The topological polar surface area (TPSA) is 29.5 Å². The van der Waals surface area contributed by atoms with Gasteiger partial charge in [0.1, 0.15) is 5.75 Å². The molecular weight excluding hydrogens is 258 g/mol. The van der Waals surface area contributed by atoms with E-state index in [1.165, 1.54) is 5.56 Å². The van der Waals surface area contributed by atoms with Crippen molar-refractivity contribution in [1.82, 2.24) is 0 Å². The number of nitrogens with zero attached hydrogens (tertiary/aromatic N) is 1. The van der Waals surface area contributed by atoms with Crippen molar-refractivity contribution in [3.05, 3.63) is 46.2 Å². The Hall–Kier alpha value is -1.81. The number of fused-ring (bicyclic) bond motifs is 1. The van der Waals surface area contributed by atoms with E-state index in [9.17, 15) is 4.79 Å². The lowest BCUT2D eigenvalue weighted by atomic mass is 10.0. The maximum Gasteiger partial charge on any atom is 0.259 e. The van der Waals surface area contributed by atoms with E-state index in [0.717, 1.165) is 36.4 Å². The molecule has 19 heavy (non-hydrogen) atoms. The summed E-state index contributed by atoms with van der Waals surface area (Å²) in [5.74, 6) is 0.941. The van der Waals surface area contributed by atoms with Crippen molar-refractivity contribution in [2.24, 2.45) is 0 Å². The molecule has 1 aromatic carbocycles. The first-order valence-corrected chi connectivity index (χ1v) is 7.25. The van der Waals surface area contributed by atoms with E-state index in [4.69, 9.17) is 4.74 Å². The highest BCUT2D eigenvalue weighted by Crippen LogP contribution is 2.31. The zero-order chi connectivity index (χ0) is 13.2. The van der Waals surface area contributed by atoms with Gasteiger partial charge in [0.25, 0.3) is 5.91 Å². The third-order valence-corrected chi connectivity index (χ3v) is 4.10. The second-order valence-electron chi connectivity index (χ2n) is 4.57. The standard InChI is InChI=1S/C15H15NO2S/c1-18-13-4-5-14-11(9-13)3-2-7-16(14)15(17)12-6-8-19-10-12/h4-6,8-10H,2-3,7H2,1H3. The van der Waals surface area contributed by atoms with Gasteiger partial charge in [-0.25, -0.2) is 0 Å². The molecule has 1 aliphatic rings. The molecule has 0 fully saturated rings. The Morgan fingerprint density at radius 3 is 3.00 bits per heavy atom. The fraction of sp³-hybridized carbons (Fsp3) is 0.267. The fourth-order valence-corrected chi connectivity index (χ4v) is 3.08. The SMILES string of the molecule is COc1ccc2c(c1)CCCN2C(=O)c1ccsc1. The van der Waals surface area contributed by atoms with Crippen molar-refractivity contribution in [3.8, 4) is 5.75 Å². The van der Waals surface area contributed by atoms with Gasteiger partial charge >= 0.3 is 0 Å². The number of anilines is 1. The van der Waals surface area contributed by atoms with Gasteiger partial charge in [-0.1, -0.05) is 0 Å². The van der Waals surface area contributed by atoms with Gasteiger partial charge in [0.15, 0.2) is 0 Å². The van der Waals surface area contributed by atoms with Crippen molar-refractivity contribution in [1.29, 1.82) is 0 Å². The minimum absolute atomic E-state index is 0.0902. The maximum absolute atomic E-state index is 12.5. The van der Waals surface area contributed by atoms with Crippen LogP contribution < -0.4 is 9.64 Å². The average molecular weight is 273 g/mol. The summed E-state index contributed by atoms with van der Waals surface area (Å²) < 4.78 is 5.25. The summed E-state index contributed by atoms with van der Waals surface area (Å²) >= 11 is 1.55. The van der Waals surface area contributed by atoms with Crippen LogP contribution in [0.15, 0.2) is 35.0 Å². The molecule has 0 bridgehead atoms. The highest BCUT2D eigenvalue weighted by Gasteiger charge is 2.23. The summed E-state index contributed by atoms with van der Waals surface area (Å²) in [6.45, 7) is 0.786. The number of hydrogen-bond acceptors (Lipinski definition) is 3. The van der Waals surface area contributed by atoms with Crippen LogP contribution in [0, 0.1) is 0 Å². The van der Waals surface area contributed by atoms with Crippen molar-refractivity contribution >= 4 is 22.9 Å². The Morgan fingerprint density at radius 2 is 2.26 bits per heavy atom. The van der Waals surface area contributed by atoms with Crippen LogP contribution in [-0.4, -0.2) is 19.6 Å². The number of ether oxygens (including phenoxy) is 1. The zero-order valence-corrected chi connectivity index (χ0v) is 11.6. The molecule has 3 nitrogen and oxygen atoms in total. The van der Waals surface area contributed by atoms with E-state index in [1.54, 1.807) is 18.4 Å². The number of amides is 1. The normalized spacial score (nSPS) is 14.1. The molecule has 0 N–H and O–H groups in total. The molecule has 0 saturated carbocycles. The van der Waals surface area contributed by atoms with Gasteiger partial charge in [0, 0.05) is 17.6 Å². The van der Waals surface area contributed by atoms with E-state index in [0.29, 0.717) is 0 Å². The second kappa shape index (κ2) is 5.05. The summed E-state index contributed by atoms with van der Waals surface area (Å²) in [5, 5.41) is 3.84. The Labute approximate surface area is 116 Å². The molecule has 2 heterocycles. The van der Waals surface area contributed by atoms with Crippen molar-refractivity contribution < 1.29 is 9.53 Å². The highest BCUT2D eigenvalue weighted by molar-refractivity contribution is 7.08. The number of thiophene rings is 1. The number of carbonyl (C=O) groups excluding carboxylic acids is 1. The number of aryl methyl sites for hydroxylation is 1. The second-order valence-corrected chi connectivity index (χ2v) is 5.35. The van der Waals surface area contributed by atoms with E-state index in [2.05, 4.69) is 0 Å². The molecule has 0 spiro atoms. The summed E-state index contributed by atoms with van der Waals surface area (Å²) in [6.07, 6.45) is 2.00. The molecule has 1 aliphatic heterocycles. The van der Waals surface area contributed by atoms with Crippen LogP contribution in [0.4, 0.5) is 5.69 Å². The van der Waals surface area contributed by atoms with E-state index < -0.39 is 0 Å². The van der Waals surface area contributed by atoms with E-state index >= 15 is 0 Å². The van der Waals surface area contributed by atoms with Gasteiger partial charge in [0.05, 0.1) is 12.7 Å². The van der Waals surface area contributed by atoms with Crippen LogP contribution in [0.25, 0.3) is 0 Å². The van der Waals surface area contributed by atoms with E-state index in [1.807, 2.05) is 39.9 Å². The van der Waals surface area contributed by atoms with Crippen LogP contribution in [-0.2, 0) is 6.42 Å². The van der Waals surface area contributed by atoms with Crippen molar-refractivity contribution in [2.75, 3.05) is 18.6 Å². The molecule has 4 heteroatoms. The number of carbonyl (C=O) groups is 1. The molecule has 0 aliphatic carbocycles. The molecule has 0 saturated heterocycles. The van der Waals surface area contributed by atoms with Crippen LogP contribution >= 0.6 is 11.3 Å². The Kier molecular flexibility index (Phi) is 3.25. The van der Waals surface area contributed by atoms with Gasteiger partial charge in [-0.3, -0.25) is 4.79 Å². The minimum Gasteiger partial charge on any atom is -0.497 e. The lowest BCUT2D eigenvalue weighted by Gasteiger charge is -2.29. The van der Waals surface area contributed by atoms with Gasteiger partial charge in [-0.15, -0.1) is 0 Å². The molecule has 98 valence electrons. The lowest BCUT2D eigenvalue weighted by Crippen LogP contribution is -2.35. The van der Waals surface area contributed by atoms with Crippen molar-refractivity contribution in [3.63, 3.8) is 0 Å². The summed E-state index contributed by atoms with van der Waals surface area (Å²) in [6, 6.07) is 7.81. The number of rotatable bonds is 2. The Morgan fingerprint density at radius 1 is 1.37 bits per heavy atom. The molecule has 0 unspecified atom stereocenters. The van der Waals surface area contributed by atoms with Crippen molar-refractivity contribution in [2.45, 2.75) is 12.8 Å². The third-order valence-electron chi connectivity index (χ3n) is 3.42. The number of hydrogen-bond donors (Lipinski definition) is 0. The maximum atomic E-state index is 12.5. The zero-order valence-electron chi connectivity index (χ0n) is 10.8. The molecule has 2 aromatic rings. The lowest BCUT2D eigenvalue weighted by molar-refractivity contribution is 0.0985. The predicted molar refractivity (Wildman–Crippen MR) is 77.3 cm³/mol. The third kappa shape index (κ3) is 2.24. The van der Waals surface area contributed by atoms with Gasteiger partial charge in [-0.2, -0.15) is 11.3 Å². The van der Waals surface area contributed by atoms with Crippen LogP contribution in [0.2, 0.25) is 0 Å². The molecule has 3 rings (SSSR count). The smallest absolute Gasteiger partial charge is 0.259 e. The first-order chi connectivity index (χ1) is 9.29. The Balaban J connectivity index is 1.96. The quantitative estimate of drug-likeness (QED) is 0.839. The predicted octanol–water partition coefficient (Wildman–Crippen LogP) is 3.35. The molecule has 0 radical (unpaired) electrons. The first kappa shape index (κ1) is 12.2. The summed E-state index contributed by atoms with van der Waals surface area (Å²) in [7, 11) is 1.67. The average Bonchev–Trinajstić information content (AvgIpc) is 2.99. The highest BCUT2D eigenvalue weighted by atomic mass is 32.1. The number of benzene rings is 1. The largest absolute Gasteiger partial charge is 0.497 e. The molecular formula is C15H15NO2S. The van der Waals surface area contributed by atoms with Gasteiger partial charge < -0.3 is 9.64 Å². The van der Waals surface area contributed by atoms with Crippen LogP contribution in [0.3, 0.4) is 0 Å². The van der Waals surface area contributed by atoms with Crippen LogP contribution in [0.5, 0.6) is 5.75 Å². The monoisotopic (exact) mass is 273 g/mol. The summed E-state index contributed by atoms with van der Waals surface area (Å²) in [4.78, 5) is 14.4. The van der Waals surface area contributed by atoms with Gasteiger partial charge in [0.2, 0.25) is 0 Å². The van der Waals surface area contributed by atoms with E-state index in [-0.39, 0.29) is 5.91 Å². The summed E-state index contributed by atoms with van der Waals surface area (Å²) in [5.41, 5.74) is 2.98. The number of methoxy groups -OCH3 is 1. The van der Waals surface area contributed by atoms with Crippen LogP contribution in [0.1, 0.15) is 22.3 Å². The minimum atomic E-state index is 0.0902. The fourth-order valence-electron chi connectivity index (χ4n) is 2.45. The Bertz CT molecular complexity index is 592. The molecule has 1 aromatic heterocycles. The van der Waals surface area contributed by atoms with Gasteiger partial charge in [-0.05, 0) is 48.1 Å². The molecule has 1 amide bonds. The first-order valence-electron chi connectivity index (χ1n) is 6.30.